The van der Waals surface area contributed by atoms with Crippen molar-refractivity contribution in [2.45, 2.75) is 30.6 Å². The van der Waals surface area contributed by atoms with E-state index in [1.54, 1.807) is 11.0 Å². The Kier molecular flexibility index (Phi) is 5.78. The number of carboxylic acid groups (broad SMARTS) is 1. The van der Waals surface area contributed by atoms with E-state index in [0.29, 0.717) is 10.9 Å². The van der Waals surface area contributed by atoms with Gasteiger partial charge in [-0.05, 0) is 24.6 Å². The zero-order chi connectivity index (χ0) is 19.8. The molecule has 0 bridgehead atoms. The summed E-state index contributed by atoms with van der Waals surface area (Å²) in [6, 6.07) is 3.63. The SMILES string of the molecule is O=C(O)CCCC(=O)N=C1S[C@H]2CS(=O)(=O)C[C@@H]2N1c1ccc(Cl)c(F)c1. The smallest absolute Gasteiger partial charge is 0.303 e. The van der Waals surface area contributed by atoms with Gasteiger partial charge in [0.25, 0.3) is 0 Å². The third kappa shape index (κ3) is 4.61. The second kappa shape index (κ2) is 7.76. The van der Waals surface area contributed by atoms with E-state index >= 15 is 0 Å². The van der Waals surface area contributed by atoms with Crippen LogP contribution in [0.5, 0.6) is 0 Å². The number of fused-ring (bicyclic) bond motifs is 1. The number of anilines is 1. The number of hydrogen-bond donors (Lipinski definition) is 1. The Labute approximate surface area is 164 Å². The molecule has 1 amide bonds. The molecular formula is C16H16ClFN2O5S2. The topological polar surface area (TPSA) is 104 Å². The van der Waals surface area contributed by atoms with E-state index in [9.17, 15) is 22.4 Å². The van der Waals surface area contributed by atoms with E-state index in [4.69, 9.17) is 16.7 Å². The van der Waals surface area contributed by atoms with Gasteiger partial charge in [0.05, 0.1) is 22.6 Å². The van der Waals surface area contributed by atoms with E-state index in [0.717, 1.165) is 0 Å². The van der Waals surface area contributed by atoms with Gasteiger partial charge < -0.3 is 10.0 Å². The van der Waals surface area contributed by atoms with Crippen molar-refractivity contribution in [1.29, 1.82) is 0 Å². The number of benzene rings is 1. The Morgan fingerprint density at radius 3 is 2.74 bits per heavy atom. The van der Waals surface area contributed by atoms with Gasteiger partial charge >= 0.3 is 5.97 Å². The van der Waals surface area contributed by atoms with Crippen molar-refractivity contribution in [2.75, 3.05) is 16.4 Å². The van der Waals surface area contributed by atoms with Gasteiger partial charge in [-0.15, -0.1) is 0 Å². The molecule has 0 aromatic heterocycles. The fourth-order valence-corrected chi connectivity index (χ4v) is 7.10. The monoisotopic (exact) mass is 434 g/mol. The summed E-state index contributed by atoms with van der Waals surface area (Å²) >= 11 is 6.89. The van der Waals surface area contributed by atoms with Gasteiger partial charge in [0.1, 0.15) is 5.82 Å². The Hall–Kier alpha value is -1.65. The molecule has 0 unspecified atom stereocenters. The van der Waals surface area contributed by atoms with Crippen LogP contribution in [0.25, 0.3) is 0 Å². The molecule has 2 aliphatic heterocycles. The Balaban J connectivity index is 1.88. The summed E-state index contributed by atoms with van der Waals surface area (Å²) in [4.78, 5) is 28.2. The minimum atomic E-state index is -3.23. The summed E-state index contributed by atoms with van der Waals surface area (Å²) in [7, 11) is -3.23. The van der Waals surface area contributed by atoms with Crippen molar-refractivity contribution in [3.63, 3.8) is 0 Å². The highest BCUT2D eigenvalue weighted by Gasteiger charge is 2.49. The molecule has 1 aromatic rings. The number of carboxylic acids is 1. The highest BCUT2D eigenvalue weighted by molar-refractivity contribution is 8.16. The molecule has 0 radical (unpaired) electrons. The van der Waals surface area contributed by atoms with E-state index in [1.807, 2.05) is 0 Å². The lowest BCUT2D eigenvalue weighted by molar-refractivity contribution is -0.137. The zero-order valence-electron chi connectivity index (χ0n) is 14.0. The van der Waals surface area contributed by atoms with Gasteiger partial charge in [-0.3, -0.25) is 9.59 Å². The second-order valence-electron chi connectivity index (χ2n) is 6.30. The lowest BCUT2D eigenvalue weighted by Gasteiger charge is -2.24. The van der Waals surface area contributed by atoms with Crippen LogP contribution in [0.4, 0.5) is 10.1 Å². The van der Waals surface area contributed by atoms with Crippen molar-refractivity contribution < 1.29 is 27.5 Å². The first-order valence-electron chi connectivity index (χ1n) is 8.11. The van der Waals surface area contributed by atoms with Crippen LogP contribution in [0.2, 0.25) is 5.02 Å². The summed E-state index contributed by atoms with van der Waals surface area (Å²) in [6.45, 7) is 0. The molecule has 2 atom stereocenters. The maximum atomic E-state index is 13.9. The van der Waals surface area contributed by atoms with Crippen LogP contribution < -0.4 is 4.90 Å². The molecule has 1 aromatic carbocycles. The molecule has 27 heavy (non-hydrogen) atoms. The first-order valence-corrected chi connectivity index (χ1v) is 11.2. The Morgan fingerprint density at radius 1 is 1.33 bits per heavy atom. The first-order chi connectivity index (χ1) is 12.7. The van der Waals surface area contributed by atoms with E-state index < -0.39 is 33.6 Å². The molecule has 2 heterocycles. The molecule has 11 heteroatoms. The molecule has 1 N–H and O–H groups in total. The molecular weight excluding hydrogens is 419 g/mol. The third-order valence-corrected chi connectivity index (χ3v) is 7.77. The van der Waals surface area contributed by atoms with Crippen molar-refractivity contribution >= 4 is 55.9 Å². The number of carbonyl (C=O) groups is 2. The first kappa shape index (κ1) is 20.1. The maximum absolute atomic E-state index is 13.9. The predicted molar refractivity (Wildman–Crippen MR) is 102 cm³/mol. The van der Waals surface area contributed by atoms with Crippen molar-refractivity contribution in [3.8, 4) is 0 Å². The normalized spacial score (nSPS) is 25.0. The number of halogens is 2. The molecule has 2 aliphatic rings. The Morgan fingerprint density at radius 2 is 2.07 bits per heavy atom. The fourth-order valence-electron chi connectivity index (χ4n) is 3.05. The Bertz CT molecular complexity index is 921. The molecule has 7 nitrogen and oxygen atoms in total. The number of carbonyl (C=O) groups excluding carboxylic acids is 1. The van der Waals surface area contributed by atoms with Crippen LogP contribution >= 0.6 is 23.4 Å². The number of hydrogen-bond acceptors (Lipinski definition) is 5. The second-order valence-corrected chi connectivity index (χ2v) is 10.1. The number of rotatable bonds is 5. The van der Waals surface area contributed by atoms with Crippen LogP contribution in [0.15, 0.2) is 23.2 Å². The minimum Gasteiger partial charge on any atom is -0.481 e. The largest absolute Gasteiger partial charge is 0.481 e. The molecule has 0 aliphatic carbocycles. The number of thioether (sulfide) groups is 1. The van der Waals surface area contributed by atoms with Crippen molar-refractivity contribution in [2.24, 2.45) is 4.99 Å². The third-order valence-electron chi connectivity index (χ3n) is 4.25. The molecule has 146 valence electrons. The van der Waals surface area contributed by atoms with E-state index in [2.05, 4.69) is 4.99 Å². The van der Waals surface area contributed by atoms with Crippen molar-refractivity contribution in [3.05, 3.63) is 29.0 Å². The zero-order valence-corrected chi connectivity index (χ0v) is 16.4. The summed E-state index contributed by atoms with van der Waals surface area (Å²) < 4.78 is 37.9. The van der Waals surface area contributed by atoms with Gasteiger partial charge in [0, 0.05) is 23.8 Å². The quantitative estimate of drug-likeness (QED) is 0.758. The average Bonchev–Trinajstić information content (AvgIpc) is 3.00. The maximum Gasteiger partial charge on any atom is 0.303 e. The van der Waals surface area contributed by atoms with Crippen LogP contribution in [-0.2, 0) is 19.4 Å². The number of aliphatic carboxylic acids is 1. The molecule has 2 saturated heterocycles. The summed E-state index contributed by atoms with van der Waals surface area (Å²) in [5.41, 5.74) is 0.367. The molecule has 0 spiro atoms. The van der Waals surface area contributed by atoms with E-state index in [1.165, 1.54) is 23.9 Å². The van der Waals surface area contributed by atoms with Gasteiger partial charge in [-0.25, -0.2) is 12.8 Å². The predicted octanol–water partition coefficient (Wildman–Crippen LogP) is 2.34. The lowest BCUT2D eigenvalue weighted by Crippen LogP contribution is -2.37. The van der Waals surface area contributed by atoms with Crippen LogP contribution in [0.3, 0.4) is 0 Å². The fraction of sp³-hybridized carbons (Fsp3) is 0.438. The van der Waals surface area contributed by atoms with Crippen LogP contribution in [0.1, 0.15) is 19.3 Å². The van der Waals surface area contributed by atoms with Gasteiger partial charge in [0.2, 0.25) is 5.91 Å². The number of aliphatic imine (C=N–C) groups is 1. The van der Waals surface area contributed by atoms with E-state index in [-0.39, 0.29) is 41.0 Å². The van der Waals surface area contributed by atoms with Crippen LogP contribution in [0, 0.1) is 5.82 Å². The number of nitrogens with zero attached hydrogens (tertiary/aromatic N) is 2. The van der Waals surface area contributed by atoms with Gasteiger partial charge in [-0.2, -0.15) is 4.99 Å². The lowest BCUT2D eigenvalue weighted by atomic mass is 10.2. The summed E-state index contributed by atoms with van der Waals surface area (Å²) in [6.07, 6.45) is -0.0153. The van der Waals surface area contributed by atoms with Gasteiger partial charge in [0.15, 0.2) is 15.0 Å². The van der Waals surface area contributed by atoms with Crippen molar-refractivity contribution in [1.82, 2.24) is 0 Å². The highest BCUT2D eigenvalue weighted by atomic mass is 35.5. The average molecular weight is 435 g/mol. The molecule has 2 fully saturated rings. The van der Waals surface area contributed by atoms with Gasteiger partial charge in [-0.1, -0.05) is 23.4 Å². The standard InChI is InChI=1S/C16H16ClFN2O5S2/c17-10-5-4-9(6-11(10)18)20-12-7-27(24,25)8-13(12)26-16(20)19-14(21)2-1-3-15(22)23/h4-6,12-13H,1-3,7-8H2,(H,22,23)/t12-,13-/m0/s1. The molecule has 3 rings (SSSR count). The minimum absolute atomic E-state index is 0.0349. The number of amides is 1. The number of sulfone groups is 1. The van der Waals surface area contributed by atoms with Crippen LogP contribution in [-0.4, -0.2) is 53.4 Å². The molecule has 0 saturated carbocycles. The number of amidine groups is 1. The summed E-state index contributed by atoms with van der Waals surface area (Å²) in [5, 5.41) is 8.57. The summed E-state index contributed by atoms with van der Waals surface area (Å²) in [5.74, 6) is -2.30. The highest BCUT2D eigenvalue weighted by Crippen LogP contribution is 2.41.